The molecule has 0 bridgehead atoms. The maximum absolute atomic E-state index is 12.2. The fourth-order valence-electron chi connectivity index (χ4n) is 3.31. The molecule has 0 aromatic carbocycles. The Morgan fingerprint density at radius 1 is 1.05 bits per heavy atom. The molecule has 0 unspecified atom stereocenters. The van der Waals surface area contributed by atoms with E-state index in [1.54, 1.807) is 0 Å². The van der Waals surface area contributed by atoms with Gasteiger partial charge in [0.25, 0.3) is 0 Å². The SMILES string of the molecule is Cl.O=C(NCCCN1CCNCC1)C1CCCCCCC1. The summed E-state index contributed by atoms with van der Waals surface area (Å²) in [4.78, 5) is 14.7. The number of nitrogens with zero attached hydrogens (tertiary/aromatic N) is 1. The topological polar surface area (TPSA) is 44.4 Å². The molecular weight excluding hydrogens is 286 g/mol. The standard InChI is InChI=1S/C16H31N3O.ClH/c20-16(15-7-4-2-1-3-5-8-15)18-9-6-12-19-13-10-17-11-14-19;/h15,17H,1-14H2,(H,18,20);1H. The van der Waals surface area contributed by atoms with Crippen molar-refractivity contribution in [2.45, 2.75) is 51.4 Å². The highest BCUT2D eigenvalue weighted by atomic mass is 35.5. The molecule has 0 radical (unpaired) electrons. The van der Waals surface area contributed by atoms with E-state index < -0.39 is 0 Å². The molecule has 0 aromatic rings. The third-order valence-electron chi connectivity index (χ3n) is 4.64. The number of carbonyl (C=O) groups is 1. The van der Waals surface area contributed by atoms with Crippen LogP contribution in [0.1, 0.15) is 51.4 Å². The van der Waals surface area contributed by atoms with Crippen LogP contribution in [-0.4, -0.2) is 50.1 Å². The maximum Gasteiger partial charge on any atom is 0.223 e. The van der Waals surface area contributed by atoms with Crippen molar-refractivity contribution >= 4 is 18.3 Å². The zero-order valence-corrected chi connectivity index (χ0v) is 14.1. The van der Waals surface area contributed by atoms with E-state index in [1.807, 2.05) is 0 Å². The minimum Gasteiger partial charge on any atom is -0.356 e. The first kappa shape index (κ1) is 18.7. The van der Waals surface area contributed by atoms with Crippen LogP contribution in [0.25, 0.3) is 0 Å². The van der Waals surface area contributed by atoms with Crippen LogP contribution < -0.4 is 10.6 Å². The van der Waals surface area contributed by atoms with E-state index in [2.05, 4.69) is 15.5 Å². The molecule has 0 atom stereocenters. The first-order valence-electron chi connectivity index (χ1n) is 8.57. The van der Waals surface area contributed by atoms with Crippen LogP contribution in [0.15, 0.2) is 0 Å². The number of carbonyl (C=O) groups excluding carboxylic acids is 1. The molecule has 1 aliphatic carbocycles. The lowest BCUT2D eigenvalue weighted by Crippen LogP contribution is -2.44. The molecular formula is C16H32ClN3O. The van der Waals surface area contributed by atoms with Gasteiger partial charge in [0.1, 0.15) is 0 Å². The van der Waals surface area contributed by atoms with Crippen LogP contribution in [0, 0.1) is 5.92 Å². The Bertz CT molecular complexity index is 275. The second kappa shape index (κ2) is 11.3. The lowest BCUT2D eigenvalue weighted by molar-refractivity contribution is -0.125. The van der Waals surface area contributed by atoms with Crippen LogP contribution >= 0.6 is 12.4 Å². The van der Waals surface area contributed by atoms with Crippen LogP contribution in [0.4, 0.5) is 0 Å². The second-order valence-electron chi connectivity index (χ2n) is 6.28. The quantitative estimate of drug-likeness (QED) is 0.764. The van der Waals surface area contributed by atoms with Gasteiger partial charge in [0, 0.05) is 38.6 Å². The Kier molecular flexibility index (Phi) is 10.1. The molecule has 5 heteroatoms. The van der Waals surface area contributed by atoms with Gasteiger partial charge in [-0.05, 0) is 25.8 Å². The summed E-state index contributed by atoms with van der Waals surface area (Å²) in [6, 6.07) is 0. The molecule has 1 saturated carbocycles. The Morgan fingerprint density at radius 3 is 2.33 bits per heavy atom. The van der Waals surface area contributed by atoms with Gasteiger partial charge in [-0.25, -0.2) is 0 Å². The van der Waals surface area contributed by atoms with Crippen LogP contribution in [0.3, 0.4) is 0 Å². The van der Waals surface area contributed by atoms with Crippen LogP contribution in [-0.2, 0) is 4.79 Å². The summed E-state index contributed by atoms with van der Waals surface area (Å²) >= 11 is 0. The number of halogens is 1. The Hall–Kier alpha value is -0.320. The number of piperazine rings is 1. The second-order valence-corrected chi connectivity index (χ2v) is 6.28. The molecule has 1 amide bonds. The van der Waals surface area contributed by atoms with Gasteiger partial charge in [0.05, 0.1) is 0 Å². The summed E-state index contributed by atoms with van der Waals surface area (Å²) in [5, 5.41) is 6.52. The third kappa shape index (κ3) is 7.48. The van der Waals surface area contributed by atoms with Crippen molar-refractivity contribution in [3.63, 3.8) is 0 Å². The molecule has 4 nitrogen and oxygen atoms in total. The zero-order valence-electron chi connectivity index (χ0n) is 13.2. The van der Waals surface area contributed by atoms with Crippen molar-refractivity contribution in [2.24, 2.45) is 5.92 Å². The number of amides is 1. The molecule has 0 spiro atoms. The number of nitrogens with one attached hydrogen (secondary N) is 2. The summed E-state index contributed by atoms with van der Waals surface area (Å²) in [6.07, 6.45) is 9.74. The predicted octanol–water partition coefficient (Wildman–Crippen LogP) is 2.18. The van der Waals surface area contributed by atoms with Crippen molar-refractivity contribution in [1.82, 2.24) is 15.5 Å². The predicted molar refractivity (Wildman–Crippen MR) is 90.0 cm³/mol. The smallest absolute Gasteiger partial charge is 0.223 e. The van der Waals surface area contributed by atoms with Crippen molar-refractivity contribution < 1.29 is 4.79 Å². The number of rotatable bonds is 5. The molecule has 2 aliphatic rings. The van der Waals surface area contributed by atoms with Gasteiger partial charge >= 0.3 is 0 Å². The lowest BCUT2D eigenvalue weighted by Gasteiger charge is -2.27. The van der Waals surface area contributed by atoms with E-state index in [-0.39, 0.29) is 18.3 Å². The van der Waals surface area contributed by atoms with E-state index >= 15 is 0 Å². The highest BCUT2D eigenvalue weighted by Gasteiger charge is 2.18. The van der Waals surface area contributed by atoms with Gasteiger partial charge in [-0.15, -0.1) is 12.4 Å². The largest absolute Gasteiger partial charge is 0.356 e. The van der Waals surface area contributed by atoms with Gasteiger partial charge in [-0.1, -0.05) is 32.1 Å². The normalized spacial score (nSPS) is 21.9. The summed E-state index contributed by atoms with van der Waals surface area (Å²) < 4.78 is 0. The molecule has 1 aliphatic heterocycles. The summed E-state index contributed by atoms with van der Waals surface area (Å²) in [6.45, 7) is 6.47. The minimum atomic E-state index is 0. The fourth-order valence-corrected chi connectivity index (χ4v) is 3.31. The van der Waals surface area contributed by atoms with E-state index in [1.165, 1.54) is 32.1 Å². The molecule has 1 heterocycles. The summed E-state index contributed by atoms with van der Waals surface area (Å²) in [5.74, 6) is 0.599. The van der Waals surface area contributed by atoms with Crippen molar-refractivity contribution in [3.8, 4) is 0 Å². The molecule has 2 N–H and O–H groups in total. The van der Waals surface area contributed by atoms with E-state index in [0.717, 1.165) is 58.5 Å². The first-order valence-corrected chi connectivity index (χ1v) is 8.57. The van der Waals surface area contributed by atoms with Crippen LogP contribution in [0.5, 0.6) is 0 Å². The zero-order chi connectivity index (χ0) is 14.0. The average Bonchev–Trinajstić information content (AvgIpc) is 2.44. The molecule has 21 heavy (non-hydrogen) atoms. The Balaban J connectivity index is 0.00000220. The monoisotopic (exact) mass is 317 g/mol. The number of hydrogen-bond donors (Lipinski definition) is 2. The molecule has 1 saturated heterocycles. The lowest BCUT2D eigenvalue weighted by atomic mass is 9.90. The Labute approximate surface area is 135 Å². The Morgan fingerprint density at radius 2 is 1.67 bits per heavy atom. The number of hydrogen-bond acceptors (Lipinski definition) is 3. The minimum absolute atomic E-state index is 0. The average molecular weight is 318 g/mol. The van der Waals surface area contributed by atoms with E-state index in [0.29, 0.717) is 5.91 Å². The van der Waals surface area contributed by atoms with E-state index in [4.69, 9.17) is 0 Å². The van der Waals surface area contributed by atoms with Crippen LogP contribution in [0.2, 0.25) is 0 Å². The highest BCUT2D eigenvalue weighted by Crippen LogP contribution is 2.22. The van der Waals surface area contributed by atoms with Gasteiger partial charge < -0.3 is 15.5 Å². The first-order chi connectivity index (χ1) is 9.86. The molecule has 2 rings (SSSR count). The van der Waals surface area contributed by atoms with Crippen molar-refractivity contribution in [2.75, 3.05) is 39.3 Å². The van der Waals surface area contributed by atoms with Gasteiger partial charge in [-0.2, -0.15) is 0 Å². The highest BCUT2D eigenvalue weighted by molar-refractivity contribution is 5.85. The van der Waals surface area contributed by atoms with E-state index in [9.17, 15) is 4.79 Å². The van der Waals surface area contributed by atoms with Crippen molar-refractivity contribution in [1.29, 1.82) is 0 Å². The third-order valence-corrected chi connectivity index (χ3v) is 4.64. The fraction of sp³-hybridized carbons (Fsp3) is 0.938. The van der Waals surface area contributed by atoms with Gasteiger partial charge in [0.15, 0.2) is 0 Å². The molecule has 2 fully saturated rings. The van der Waals surface area contributed by atoms with Crippen molar-refractivity contribution in [3.05, 3.63) is 0 Å². The maximum atomic E-state index is 12.2. The van der Waals surface area contributed by atoms with Gasteiger partial charge in [-0.3, -0.25) is 4.79 Å². The summed E-state index contributed by atoms with van der Waals surface area (Å²) in [5.41, 5.74) is 0. The van der Waals surface area contributed by atoms with Gasteiger partial charge in [0.2, 0.25) is 5.91 Å². The summed E-state index contributed by atoms with van der Waals surface area (Å²) in [7, 11) is 0. The molecule has 0 aromatic heterocycles. The molecule has 124 valence electrons.